The van der Waals surface area contributed by atoms with Gasteiger partial charge in [0.2, 0.25) is 0 Å². The number of aromatic nitrogens is 1. The summed E-state index contributed by atoms with van der Waals surface area (Å²) < 4.78 is 0. The summed E-state index contributed by atoms with van der Waals surface area (Å²) in [5.74, 6) is 0. The second kappa shape index (κ2) is 6.62. The summed E-state index contributed by atoms with van der Waals surface area (Å²) in [6, 6.07) is 2.96. The highest BCUT2D eigenvalue weighted by atomic mass is 15.2. The summed E-state index contributed by atoms with van der Waals surface area (Å²) in [6.45, 7) is 6.51. The van der Waals surface area contributed by atoms with Crippen LogP contribution in [0.5, 0.6) is 0 Å². The van der Waals surface area contributed by atoms with E-state index in [1.165, 1.54) is 31.4 Å². The van der Waals surface area contributed by atoms with Gasteiger partial charge in [-0.15, -0.1) is 0 Å². The first-order valence-electron chi connectivity index (χ1n) is 7.30. The summed E-state index contributed by atoms with van der Waals surface area (Å²) in [7, 11) is 0. The molecule has 1 aliphatic rings. The molecule has 100 valence electrons. The molecule has 0 amide bonds. The Hall–Kier alpha value is -1.25. The molecule has 1 aromatic rings. The van der Waals surface area contributed by atoms with E-state index in [1.54, 1.807) is 0 Å². The lowest BCUT2D eigenvalue weighted by molar-refractivity contribution is 0.619. The summed E-state index contributed by atoms with van der Waals surface area (Å²) in [5.41, 5.74) is 2.41. The average molecular weight is 247 g/mol. The highest BCUT2D eigenvalue weighted by Crippen LogP contribution is 2.28. The monoisotopic (exact) mass is 247 g/mol. The maximum atomic E-state index is 4.37. The van der Waals surface area contributed by atoms with Gasteiger partial charge in [-0.25, -0.2) is 0 Å². The number of rotatable bonds is 6. The van der Waals surface area contributed by atoms with Crippen molar-refractivity contribution in [2.75, 3.05) is 23.3 Å². The minimum atomic E-state index is 0.721. The molecule has 0 aromatic carbocycles. The fourth-order valence-electron chi connectivity index (χ4n) is 2.82. The average Bonchev–Trinajstić information content (AvgIpc) is 2.92. The number of nitrogens with one attached hydrogen (secondary N) is 1. The van der Waals surface area contributed by atoms with Crippen LogP contribution in [-0.2, 0) is 0 Å². The van der Waals surface area contributed by atoms with E-state index in [4.69, 9.17) is 0 Å². The highest BCUT2D eigenvalue weighted by Gasteiger charge is 2.21. The first kappa shape index (κ1) is 13.2. The molecule has 0 unspecified atom stereocenters. The van der Waals surface area contributed by atoms with Gasteiger partial charge in [0, 0.05) is 19.1 Å². The van der Waals surface area contributed by atoms with Crippen LogP contribution in [0.4, 0.5) is 11.4 Å². The zero-order valence-electron chi connectivity index (χ0n) is 11.7. The normalized spacial score (nSPS) is 15.9. The van der Waals surface area contributed by atoms with Gasteiger partial charge >= 0.3 is 0 Å². The number of hydrogen-bond donors (Lipinski definition) is 1. The molecule has 1 aliphatic carbocycles. The van der Waals surface area contributed by atoms with Crippen LogP contribution in [0, 0.1) is 0 Å². The molecule has 0 bridgehead atoms. The van der Waals surface area contributed by atoms with Gasteiger partial charge in [0.15, 0.2) is 0 Å². The lowest BCUT2D eigenvalue weighted by Crippen LogP contribution is -2.33. The lowest BCUT2D eigenvalue weighted by atomic mass is 10.2. The number of anilines is 2. The van der Waals surface area contributed by atoms with Gasteiger partial charge in [0.05, 0.1) is 23.8 Å². The minimum absolute atomic E-state index is 0.721. The minimum Gasteiger partial charge on any atom is -0.384 e. The van der Waals surface area contributed by atoms with Crippen LogP contribution in [0.1, 0.15) is 46.0 Å². The SMILES string of the molecule is CCCNc1cncc(N(CC)C2CCCC2)c1. The molecule has 1 fully saturated rings. The summed E-state index contributed by atoms with van der Waals surface area (Å²) in [5, 5.41) is 3.42. The summed E-state index contributed by atoms with van der Waals surface area (Å²) >= 11 is 0. The molecule has 0 aliphatic heterocycles. The third kappa shape index (κ3) is 3.15. The summed E-state index contributed by atoms with van der Waals surface area (Å²) in [6.07, 6.45) is 10.5. The second-order valence-corrected chi connectivity index (χ2v) is 5.08. The predicted octanol–water partition coefficient (Wildman–Crippen LogP) is 3.67. The molecular weight excluding hydrogens is 222 g/mol. The zero-order chi connectivity index (χ0) is 12.8. The molecule has 1 N–H and O–H groups in total. The van der Waals surface area contributed by atoms with E-state index in [0.717, 1.165) is 31.2 Å². The molecular formula is C15H25N3. The van der Waals surface area contributed by atoms with Gasteiger partial charge in [-0.05, 0) is 32.3 Å². The number of hydrogen-bond acceptors (Lipinski definition) is 3. The molecule has 1 saturated carbocycles. The molecule has 0 atom stereocenters. The van der Waals surface area contributed by atoms with Crippen molar-refractivity contribution in [2.45, 2.75) is 52.0 Å². The molecule has 0 radical (unpaired) electrons. The van der Waals surface area contributed by atoms with E-state index in [9.17, 15) is 0 Å². The molecule has 3 heteroatoms. The smallest absolute Gasteiger partial charge is 0.0575 e. The first-order chi connectivity index (χ1) is 8.85. The van der Waals surface area contributed by atoms with Gasteiger partial charge in [-0.3, -0.25) is 4.98 Å². The van der Waals surface area contributed by atoms with E-state index in [2.05, 4.69) is 35.1 Å². The Labute approximate surface area is 111 Å². The zero-order valence-corrected chi connectivity index (χ0v) is 11.7. The Kier molecular flexibility index (Phi) is 4.85. The van der Waals surface area contributed by atoms with Gasteiger partial charge in [0.1, 0.15) is 0 Å². The topological polar surface area (TPSA) is 28.2 Å². The fraction of sp³-hybridized carbons (Fsp3) is 0.667. The highest BCUT2D eigenvalue weighted by molar-refractivity contribution is 5.56. The van der Waals surface area contributed by atoms with Crippen molar-refractivity contribution in [2.24, 2.45) is 0 Å². The molecule has 1 heterocycles. The maximum Gasteiger partial charge on any atom is 0.0575 e. The quantitative estimate of drug-likeness (QED) is 0.831. The van der Waals surface area contributed by atoms with Crippen molar-refractivity contribution in [3.8, 4) is 0 Å². The van der Waals surface area contributed by atoms with E-state index >= 15 is 0 Å². The maximum absolute atomic E-state index is 4.37. The van der Waals surface area contributed by atoms with Crippen LogP contribution in [-0.4, -0.2) is 24.1 Å². The second-order valence-electron chi connectivity index (χ2n) is 5.08. The Balaban J connectivity index is 2.09. The van der Waals surface area contributed by atoms with Crippen molar-refractivity contribution in [3.63, 3.8) is 0 Å². The Morgan fingerprint density at radius 3 is 2.72 bits per heavy atom. The molecule has 2 rings (SSSR count). The largest absolute Gasteiger partial charge is 0.384 e. The first-order valence-corrected chi connectivity index (χ1v) is 7.30. The third-order valence-electron chi connectivity index (χ3n) is 3.74. The Morgan fingerprint density at radius 2 is 2.06 bits per heavy atom. The van der Waals surface area contributed by atoms with Gasteiger partial charge in [-0.2, -0.15) is 0 Å². The van der Waals surface area contributed by atoms with E-state index < -0.39 is 0 Å². The van der Waals surface area contributed by atoms with Crippen molar-refractivity contribution in [3.05, 3.63) is 18.5 Å². The number of pyridine rings is 1. The van der Waals surface area contributed by atoms with Crippen LogP contribution in [0.3, 0.4) is 0 Å². The molecule has 3 nitrogen and oxygen atoms in total. The van der Waals surface area contributed by atoms with Crippen molar-refractivity contribution >= 4 is 11.4 Å². The van der Waals surface area contributed by atoms with Gasteiger partial charge in [-0.1, -0.05) is 19.8 Å². The van der Waals surface area contributed by atoms with Crippen LogP contribution in [0.2, 0.25) is 0 Å². The van der Waals surface area contributed by atoms with Crippen LogP contribution in [0.15, 0.2) is 18.5 Å². The molecule has 0 spiro atoms. The summed E-state index contributed by atoms with van der Waals surface area (Å²) in [4.78, 5) is 6.88. The van der Waals surface area contributed by atoms with E-state index in [1.807, 2.05) is 12.4 Å². The predicted molar refractivity (Wildman–Crippen MR) is 78.3 cm³/mol. The molecule has 1 aromatic heterocycles. The Bertz CT molecular complexity index is 359. The molecule has 18 heavy (non-hydrogen) atoms. The van der Waals surface area contributed by atoms with Crippen molar-refractivity contribution < 1.29 is 0 Å². The van der Waals surface area contributed by atoms with Crippen molar-refractivity contribution in [1.82, 2.24) is 4.98 Å². The fourth-order valence-corrected chi connectivity index (χ4v) is 2.82. The van der Waals surface area contributed by atoms with Gasteiger partial charge < -0.3 is 10.2 Å². The van der Waals surface area contributed by atoms with E-state index in [0.29, 0.717) is 0 Å². The lowest BCUT2D eigenvalue weighted by Gasteiger charge is -2.29. The van der Waals surface area contributed by atoms with Crippen LogP contribution < -0.4 is 10.2 Å². The van der Waals surface area contributed by atoms with Gasteiger partial charge in [0.25, 0.3) is 0 Å². The van der Waals surface area contributed by atoms with Crippen molar-refractivity contribution in [1.29, 1.82) is 0 Å². The standard InChI is InChI=1S/C15H25N3/c1-3-9-17-13-10-15(12-16-11-13)18(4-2)14-7-5-6-8-14/h10-12,14,17H,3-9H2,1-2H3. The van der Waals surface area contributed by atoms with Crippen LogP contribution >= 0.6 is 0 Å². The number of nitrogens with zero attached hydrogens (tertiary/aromatic N) is 2. The Morgan fingerprint density at radius 1 is 1.28 bits per heavy atom. The van der Waals surface area contributed by atoms with Crippen LogP contribution in [0.25, 0.3) is 0 Å². The third-order valence-corrected chi connectivity index (χ3v) is 3.74. The molecule has 0 saturated heterocycles. The van der Waals surface area contributed by atoms with E-state index in [-0.39, 0.29) is 0 Å².